The molecule has 1 N–H and O–H groups in total. The molecular formula is C11H16N2. The molecule has 0 saturated heterocycles. The van der Waals surface area contributed by atoms with E-state index in [4.69, 9.17) is 0 Å². The molecule has 0 amide bonds. The molecular weight excluding hydrogens is 160 g/mol. The fourth-order valence-electron chi connectivity index (χ4n) is 2.08. The largest absolute Gasteiger partial charge is 0.316 e. The number of rotatable bonds is 2. The van der Waals surface area contributed by atoms with Crippen molar-refractivity contribution in [1.29, 1.82) is 0 Å². The summed E-state index contributed by atoms with van der Waals surface area (Å²) in [4.78, 5) is 4.28. The maximum absolute atomic E-state index is 4.28. The number of aromatic nitrogens is 1. The molecule has 1 aliphatic rings. The Balaban J connectivity index is 2.34. The summed E-state index contributed by atoms with van der Waals surface area (Å²) in [5.41, 5.74) is 4.41. The topological polar surface area (TPSA) is 24.9 Å². The van der Waals surface area contributed by atoms with Crippen molar-refractivity contribution in [2.75, 3.05) is 7.05 Å². The minimum Gasteiger partial charge on any atom is -0.316 e. The van der Waals surface area contributed by atoms with Gasteiger partial charge in [-0.1, -0.05) is 0 Å². The summed E-state index contributed by atoms with van der Waals surface area (Å²) in [7, 11) is 1.99. The lowest BCUT2D eigenvalue weighted by Crippen LogP contribution is -2.12. The summed E-state index contributed by atoms with van der Waals surface area (Å²) in [5, 5.41) is 3.19. The standard InChI is InChI=1S/C11H16N2/c1-12-6-10-8-13-7-9-4-2-3-5-11(9)10/h7-8,12H,2-6H2,1H3. The summed E-state index contributed by atoms with van der Waals surface area (Å²) in [5.74, 6) is 0. The average Bonchev–Trinajstić information content (AvgIpc) is 2.19. The quantitative estimate of drug-likeness (QED) is 0.741. The molecule has 0 aliphatic heterocycles. The van der Waals surface area contributed by atoms with Gasteiger partial charge in [0.1, 0.15) is 0 Å². The molecule has 0 aromatic carbocycles. The van der Waals surface area contributed by atoms with Crippen molar-refractivity contribution in [1.82, 2.24) is 10.3 Å². The summed E-state index contributed by atoms with van der Waals surface area (Å²) in [6.45, 7) is 0.955. The van der Waals surface area contributed by atoms with Gasteiger partial charge >= 0.3 is 0 Å². The van der Waals surface area contributed by atoms with Gasteiger partial charge in [0.25, 0.3) is 0 Å². The van der Waals surface area contributed by atoms with Crippen LogP contribution in [0.1, 0.15) is 29.5 Å². The van der Waals surface area contributed by atoms with Crippen LogP contribution >= 0.6 is 0 Å². The molecule has 1 aliphatic carbocycles. The Morgan fingerprint density at radius 2 is 2.15 bits per heavy atom. The van der Waals surface area contributed by atoms with E-state index >= 15 is 0 Å². The third kappa shape index (κ3) is 1.73. The SMILES string of the molecule is CNCc1cncc2c1CCCC2. The first-order valence-corrected chi connectivity index (χ1v) is 5.01. The Labute approximate surface area is 79.4 Å². The molecule has 0 bridgehead atoms. The third-order valence-corrected chi connectivity index (χ3v) is 2.73. The van der Waals surface area contributed by atoms with Crippen LogP contribution in [0, 0.1) is 0 Å². The van der Waals surface area contributed by atoms with Crippen LogP contribution < -0.4 is 5.32 Å². The highest BCUT2D eigenvalue weighted by molar-refractivity contribution is 5.33. The normalized spacial score (nSPS) is 15.5. The first kappa shape index (κ1) is 8.70. The summed E-state index contributed by atoms with van der Waals surface area (Å²) in [6, 6.07) is 0. The van der Waals surface area contributed by atoms with Crippen LogP contribution in [0.25, 0.3) is 0 Å². The van der Waals surface area contributed by atoms with Crippen LogP contribution in [0.5, 0.6) is 0 Å². The van der Waals surface area contributed by atoms with Crippen LogP contribution in [-0.4, -0.2) is 12.0 Å². The van der Waals surface area contributed by atoms with Crippen molar-refractivity contribution < 1.29 is 0 Å². The second-order valence-corrected chi connectivity index (χ2v) is 3.67. The molecule has 13 heavy (non-hydrogen) atoms. The second kappa shape index (κ2) is 3.88. The molecule has 1 aromatic heterocycles. The van der Waals surface area contributed by atoms with Crippen molar-refractivity contribution in [3.8, 4) is 0 Å². The number of hydrogen-bond donors (Lipinski definition) is 1. The zero-order valence-electron chi connectivity index (χ0n) is 8.14. The van der Waals surface area contributed by atoms with Crippen LogP contribution in [0.15, 0.2) is 12.4 Å². The zero-order chi connectivity index (χ0) is 9.10. The molecule has 0 saturated carbocycles. The van der Waals surface area contributed by atoms with Crippen LogP contribution in [0.2, 0.25) is 0 Å². The highest BCUT2D eigenvalue weighted by Crippen LogP contribution is 2.23. The molecule has 2 heteroatoms. The summed E-state index contributed by atoms with van der Waals surface area (Å²) < 4.78 is 0. The molecule has 0 unspecified atom stereocenters. The predicted molar refractivity (Wildman–Crippen MR) is 53.6 cm³/mol. The summed E-state index contributed by atoms with van der Waals surface area (Å²) >= 11 is 0. The van der Waals surface area contributed by atoms with E-state index in [2.05, 4.69) is 10.3 Å². The van der Waals surface area contributed by atoms with Crippen molar-refractivity contribution in [3.63, 3.8) is 0 Å². The lowest BCUT2D eigenvalue weighted by molar-refractivity contribution is 0.666. The van der Waals surface area contributed by atoms with Crippen molar-refractivity contribution in [2.45, 2.75) is 32.2 Å². The monoisotopic (exact) mass is 176 g/mol. The maximum Gasteiger partial charge on any atom is 0.0315 e. The van der Waals surface area contributed by atoms with E-state index in [1.165, 1.54) is 36.8 Å². The van der Waals surface area contributed by atoms with Gasteiger partial charge < -0.3 is 5.32 Å². The molecule has 1 aromatic rings. The van der Waals surface area contributed by atoms with Crippen LogP contribution in [0.4, 0.5) is 0 Å². The number of fused-ring (bicyclic) bond motifs is 1. The smallest absolute Gasteiger partial charge is 0.0315 e. The molecule has 1 heterocycles. The Bertz CT molecular complexity index is 294. The first-order valence-electron chi connectivity index (χ1n) is 5.01. The molecule has 0 spiro atoms. The van der Waals surface area contributed by atoms with Gasteiger partial charge in [0.05, 0.1) is 0 Å². The van der Waals surface area contributed by atoms with Gasteiger partial charge in [0, 0.05) is 18.9 Å². The predicted octanol–water partition coefficient (Wildman–Crippen LogP) is 1.68. The first-order chi connectivity index (χ1) is 6.42. The van der Waals surface area contributed by atoms with Crippen LogP contribution in [-0.2, 0) is 19.4 Å². The maximum atomic E-state index is 4.28. The van der Waals surface area contributed by atoms with E-state index in [-0.39, 0.29) is 0 Å². The number of pyridine rings is 1. The number of aryl methyl sites for hydroxylation is 1. The van der Waals surface area contributed by atoms with Crippen molar-refractivity contribution in [3.05, 3.63) is 29.1 Å². The highest BCUT2D eigenvalue weighted by atomic mass is 14.8. The average molecular weight is 176 g/mol. The number of hydrogen-bond acceptors (Lipinski definition) is 2. The van der Waals surface area contributed by atoms with Gasteiger partial charge in [-0.05, 0) is 49.4 Å². The van der Waals surface area contributed by atoms with Gasteiger partial charge in [-0.25, -0.2) is 0 Å². The van der Waals surface area contributed by atoms with E-state index in [9.17, 15) is 0 Å². The second-order valence-electron chi connectivity index (χ2n) is 3.67. The van der Waals surface area contributed by atoms with Gasteiger partial charge in [0.15, 0.2) is 0 Å². The Kier molecular flexibility index (Phi) is 2.60. The van der Waals surface area contributed by atoms with E-state index in [1.54, 1.807) is 5.56 Å². The lowest BCUT2D eigenvalue weighted by Gasteiger charge is -2.18. The van der Waals surface area contributed by atoms with E-state index in [1.807, 2.05) is 19.4 Å². The van der Waals surface area contributed by atoms with Crippen LogP contribution in [0.3, 0.4) is 0 Å². The molecule has 0 atom stereocenters. The molecule has 2 nitrogen and oxygen atoms in total. The Morgan fingerprint density at radius 3 is 3.00 bits per heavy atom. The molecule has 70 valence electrons. The fraction of sp³-hybridized carbons (Fsp3) is 0.545. The fourth-order valence-corrected chi connectivity index (χ4v) is 2.08. The number of nitrogens with one attached hydrogen (secondary N) is 1. The van der Waals surface area contributed by atoms with E-state index < -0.39 is 0 Å². The molecule has 0 radical (unpaired) electrons. The third-order valence-electron chi connectivity index (χ3n) is 2.73. The van der Waals surface area contributed by atoms with Gasteiger partial charge in [-0.3, -0.25) is 4.98 Å². The Morgan fingerprint density at radius 1 is 1.31 bits per heavy atom. The van der Waals surface area contributed by atoms with Gasteiger partial charge in [0.2, 0.25) is 0 Å². The van der Waals surface area contributed by atoms with Gasteiger partial charge in [-0.2, -0.15) is 0 Å². The van der Waals surface area contributed by atoms with Crippen molar-refractivity contribution in [2.24, 2.45) is 0 Å². The Hall–Kier alpha value is -0.890. The molecule has 2 rings (SSSR count). The lowest BCUT2D eigenvalue weighted by atomic mass is 9.90. The minimum absolute atomic E-state index is 0.955. The summed E-state index contributed by atoms with van der Waals surface area (Å²) in [6.07, 6.45) is 9.18. The molecule has 0 fully saturated rings. The van der Waals surface area contributed by atoms with E-state index in [0.717, 1.165) is 6.54 Å². The van der Waals surface area contributed by atoms with E-state index in [0.29, 0.717) is 0 Å². The van der Waals surface area contributed by atoms with Crippen molar-refractivity contribution >= 4 is 0 Å². The highest BCUT2D eigenvalue weighted by Gasteiger charge is 2.12. The zero-order valence-corrected chi connectivity index (χ0v) is 8.14. The van der Waals surface area contributed by atoms with Gasteiger partial charge in [-0.15, -0.1) is 0 Å². The minimum atomic E-state index is 0.955. The number of nitrogens with zero attached hydrogens (tertiary/aromatic N) is 1.